The third kappa shape index (κ3) is 9.01. The van der Waals surface area contributed by atoms with Gasteiger partial charge < -0.3 is 16.5 Å². The largest absolute Gasteiger partial charge is 0.433 e. The van der Waals surface area contributed by atoms with E-state index in [2.05, 4.69) is 72.1 Å². The van der Waals surface area contributed by atoms with Crippen molar-refractivity contribution in [1.29, 1.82) is 0 Å². The van der Waals surface area contributed by atoms with E-state index in [0.29, 0.717) is 0 Å². The molecular weight excluding hydrogens is 385 g/mol. The van der Waals surface area contributed by atoms with E-state index >= 15 is 0 Å². The quantitative estimate of drug-likeness (QED) is 0.435. The molecule has 0 rings (SSSR count). The Balaban J connectivity index is 5.24. The molecule has 0 aliphatic heterocycles. The zero-order valence-corrected chi connectivity index (χ0v) is 22.0. The van der Waals surface area contributed by atoms with Crippen molar-refractivity contribution in [2.24, 2.45) is 0 Å². The first-order chi connectivity index (χ1) is 10.5. The van der Waals surface area contributed by atoms with Crippen LogP contribution in [-0.2, 0) is 16.5 Å². The minimum atomic E-state index is -2.61. The van der Waals surface area contributed by atoms with Crippen LogP contribution < -0.4 is 0 Å². The summed E-state index contributed by atoms with van der Waals surface area (Å²) in [6, 6.07) is 0. The number of hydrogen-bond acceptors (Lipinski definition) is 4. The predicted molar refractivity (Wildman–Crippen MR) is 116 cm³/mol. The van der Waals surface area contributed by atoms with E-state index in [1.54, 1.807) is 0 Å². The summed E-state index contributed by atoms with van der Waals surface area (Å²) in [7, 11) is -11.2. The third-order valence-electron chi connectivity index (χ3n) is 3.27. The molecule has 4 nitrogen and oxygen atoms in total. The first-order valence-electron chi connectivity index (χ1n) is 8.22. The predicted octanol–water partition coefficient (Wildman–Crippen LogP) is 5.11. The molecule has 0 aromatic carbocycles. The Bertz CT molecular complexity index is 438. The van der Waals surface area contributed by atoms with E-state index in [-0.39, 0.29) is 0 Å². The monoisotopic (exact) mass is 420 g/mol. The summed E-state index contributed by atoms with van der Waals surface area (Å²) in [6.45, 7) is 30.4. The molecule has 0 aliphatic carbocycles. The van der Waals surface area contributed by atoms with Gasteiger partial charge in [-0.1, -0.05) is 17.1 Å². The van der Waals surface area contributed by atoms with Crippen molar-refractivity contribution in [2.45, 2.75) is 58.9 Å². The van der Waals surface area contributed by atoms with Crippen LogP contribution in [0.5, 0.6) is 0 Å². The summed E-state index contributed by atoms with van der Waals surface area (Å²) in [4.78, 5) is 0. The average Bonchev–Trinajstić information content (AvgIpc) is 2.34. The van der Waals surface area contributed by atoms with Crippen molar-refractivity contribution in [2.75, 3.05) is 0 Å². The molecule has 0 unspecified atom stereocenters. The normalized spacial score (nSPS) is 14.4. The second kappa shape index (κ2) is 8.23. The molecule has 140 valence electrons. The molecule has 0 N–H and O–H groups in total. The maximum Gasteiger partial charge on any atom is 0.343 e. The highest BCUT2D eigenvalue weighted by molar-refractivity contribution is 6.93. The fourth-order valence-electron chi connectivity index (χ4n) is 2.47. The van der Waals surface area contributed by atoms with Crippen molar-refractivity contribution >= 4 is 42.3 Å². The van der Waals surface area contributed by atoms with Crippen LogP contribution in [0.15, 0.2) is 36.8 Å². The summed E-state index contributed by atoms with van der Waals surface area (Å²) in [5.74, 6) is 0. The van der Waals surface area contributed by atoms with Crippen LogP contribution in [0.1, 0.15) is 0 Å². The van der Waals surface area contributed by atoms with Gasteiger partial charge in [0.15, 0.2) is 16.6 Å². The maximum absolute atomic E-state index is 6.44. The number of rotatable bonds is 11. The van der Waals surface area contributed by atoms with Gasteiger partial charge in [0.25, 0.3) is 0 Å². The van der Waals surface area contributed by atoms with Gasteiger partial charge in [0.1, 0.15) is 0 Å². The molecule has 0 aliphatic rings. The van der Waals surface area contributed by atoms with Crippen LogP contribution in [-0.4, -0.2) is 42.3 Å². The van der Waals surface area contributed by atoms with Crippen LogP contribution in [0, 0.1) is 0 Å². The molecule has 9 heteroatoms. The van der Waals surface area contributed by atoms with Gasteiger partial charge in [-0.05, 0) is 58.9 Å². The van der Waals surface area contributed by atoms with Gasteiger partial charge in [-0.25, -0.2) is 0 Å². The molecule has 0 amide bonds. The summed E-state index contributed by atoms with van der Waals surface area (Å²) in [5.41, 5.74) is 5.69. The fourth-order valence-corrected chi connectivity index (χ4v) is 23.4. The SMILES string of the molecule is C=C[Si](C)(C)O[Si](C)(C)O[Si](C)(C=C)O[Si](C)(C)O[Si](C)(C)C=C. The van der Waals surface area contributed by atoms with Crippen molar-refractivity contribution in [3.8, 4) is 0 Å². The Morgan fingerprint density at radius 2 is 0.792 bits per heavy atom. The molecule has 0 heterocycles. The van der Waals surface area contributed by atoms with E-state index < -0.39 is 42.3 Å². The first-order valence-corrected chi connectivity index (χ1v) is 22.2. The molecule has 0 saturated heterocycles. The highest BCUT2D eigenvalue weighted by atomic mass is 28.5. The third-order valence-corrected chi connectivity index (χ3v) is 21.3. The fraction of sp³-hybridized carbons (Fsp3) is 0.600. The zero-order chi connectivity index (χ0) is 19.4. The summed E-state index contributed by atoms with van der Waals surface area (Å²) >= 11 is 0. The van der Waals surface area contributed by atoms with Gasteiger partial charge in [0.05, 0.1) is 0 Å². The average molecular weight is 421 g/mol. The molecule has 0 atom stereocenters. The van der Waals surface area contributed by atoms with Crippen LogP contribution in [0.3, 0.4) is 0 Å². The molecule has 0 bridgehead atoms. The van der Waals surface area contributed by atoms with Crippen LogP contribution >= 0.6 is 0 Å². The molecule has 0 aromatic rings. The van der Waals surface area contributed by atoms with E-state index in [0.717, 1.165) is 0 Å². The van der Waals surface area contributed by atoms with Gasteiger partial charge in [0.2, 0.25) is 0 Å². The summed E-state index contributed by atoms with van der Waals surface area (Å²) < 4.78 is 25.5. The maximum atomic E-state index is 6.44. The summed E-state index contributed by atoms with van der Waals surface area (Å²) in [5, 5.41) is 0. The van der Waals surface area contributed by atoms with Gasteiger partial charge in [-0.2, -0.15) is 0 Å². The Labute approximate surface area is 154 Å². The standard InChI is InChI=1S/C15H36O4Si5/c1-13-20(4,5)16-22(8,9)18-24(12,15-3)19-23(10,11)17-21(6,7)14-2/h13-15H,1-3H2,4-12H3. The lowest BCUT2D eigenvalue weighted by atomic mass is 11.3. The van der Waals surface area contributed by atoms with Gasteiger partial charge in [-0.15, -0.1) is 19.7 Å². The summed E-state index contributed by atoms with van der Waals surface area (Å²) in [6.07, 6.45) is 0. The lowest BCUT2D eigenvalue weighted by Crippen LogP contribution is -2.59. The smallest absolute Gasteiger partial charge is 0.343 e. The van der Waals surface area contributed by atoms with Crippen LogP contribution in [0.25, 0.3) is 0 Å². The number of hydrogen-bond donors (Lipinski definition) is 0. The van der Waals surface area contributed by atoms with E-state index in [1.165, 1.54) is 0 Å². The van der Waals surface area contributed by atoms with E-state index in [9.17, 15) is 0 Å². The molecule has 0 radical (unpaired) electrons. The Hall–Kier alpha value is 0.144. The van der Waals surface area contributed by atoms with Gasteiger partial charge in [0, 0.05) is 0 Å². The van der Waals surface area contributed by atoms with Crippen molar-refractivity contribution in [3.05, 3.63) is 36.8 Å². The van der Waals surface area contributed by atoms with Crippen molar-refractivity contribution in [3.63, 3.8) is 0 Å². The van der Waals surface area contributed by atoms with Crippen LogP contribution in [0.2, 0.25) is 58.9 Å². The molecule has 0 fully saturated rings. The second-order valence-electron chi connectivity index (χ2n) is 8.04. The van der Waals surface area contributed by atoms with Gasteiger partial charge >= 0.3 is 25.7 Å². The Morgan fingerprint density at radius 1 is 0.500 bits per heavy atom. The van der Waals surface area contributed by atoms with Gasteiger partial charge in [-0.3, -0.25) is 0 Å². The highest BCUT2D eigenvalue weighted by Crippen LogP contribution is 2.26. The van der Waals surface area contributed by atoms with Crippen LogP contribution in [0.4, 0.5) is 0 Å². The van der Waals surface area contributed by atoms with E-state index in [4.69, 9.17) is 16.5 Å². The minimum Gasteiger partial charge on any atom is -0.433 e. The lowest BCUT2D eigenvalue weighted by Gasteiger charge is -2.41. The topological polar surface area (TPSA) is 36.9 Å². The molecular formula is C15H36O4Si5. The lowest BCUT2D eigenvalue weighted by molar-refractivity contribution is 0.305. The van der Waals surface area contributed by atoms with Crippen molar-refractivity contribution < 1.29 is 16.5 Å². The highest BCUT2D eigenvalue weighted by Gasteiger charge is 2.46. The minimum absolute atomic E-state index is 1.83. The zero-order valence-electron chi connectivity index (χ0n) is 17.0. The molecule has 24 heavy (non-hydrogen) atoms. The Morgan fingerprint density at radius 3 is 1.00 bits per heavy atom. The Kier molecular flexibility index (Phi) is 8.28. The van der Waals surface area contributed by atoms with Crippen molar-refractivity contribution in [1.82, 2.24) is 0 Å². The second-order valence-corrected chi connectivity index (χ2v) is 26.6. The molecule has 0 spiro atoms. The first kappa shape index (κ1) is 24.1. The van der Waals surface area contributed by atoms with E-state index in [1.807, 2.05) is 23.6 Å². The molecule has 0 aromatic heterocycles. The molecule has 0 saturated carbocycles.